The van der Waals surface area contributed by atoms with Gasteiger partial charge in [-0.15, -0.1) is 0 Å². The highest BCUT2D eigenvalue weighted by Crippen LogP contribution is 2.16. The molecule has 1 aliphatic rings. The summed E-state index contributed by atoms with van der Waals surface area (Å²) in [4.78, 5) is 23.0. The zero-order valence-electron chi connectivity index (χ0n) is 12.6. The number of nitrogens with one attached hydrogen (secondary N) is 1. The molecule has 0 spiro atoms. The summed E-state index contributed by atoms with van der Waals surface area (Å²) in [6.07, 6.45) is 0. The van der Waals surface area contributed by atoms with E-state index in [9.17, 15) is 4.79 Å². The third kappa shape index (κ3) is 3.52. The van der Waals surface area contributed by atoms with Crippen molar-refractivity contribution in [3.8, 4) is 0 Å². The van der Waals surface area contributed by atoms with E-state index in [-0.39, 0.29) is 5.91 Å². The number of hydrogen-bond donors (Lipinski definition) is 1. The Hall–Kier alpha value is -1.53. The number of amides is 1. The molecule has 1 atom stereocenters. The minimum absolute atomic E-state index is 0.119. The topological polar surface area (TPSA) is 67.4 Å². The second-order valence-electron chi connectivity index (χ2n) is 5.57. The van der Waals surface area contributed by atoms with E-state index in [4.69, 9.17) is 4.74 Å². The van der Waals surface area contributed by atoms with Crippen molar-refractivity contribution in [2.45, 2.75) is 32.9 Å². The molecular formula is C14H22N4O2. The predicted molar refractivity (Wildman–Crippen MR) is 75.2 cm³/mol. The van der Waals surface area contributed by atoms with Crippen LogP contribution in [0.2, 0.25) is 0 Å². The number of nitrogens with zero attached hydrogens (tertiary/aromatic N) is 3. The maximum Gasteiger partial charge on any atom is 0.253 e. The third-order valence-corrected chi connectivity index (χ3v) is 3.38. The summed E-state index contributed by atoms with van der Waals surface area (Å²) < 4.78 is 5.64. The molecule has 6 nitrogen and oxygen atoms in total. The maximum absolute atomic E-state index is 12.3. The monoisotopic (exact) mass is 278 g/mol. The van der Waals surface area contributed by atoms with Crippen molar-refractivity contribution in [3.63, 3.8) is 0 Å². The molecule has 1 unspecified atom stereocenters. The molecule has 0 aliphatic carbocycles. The minimum Gasteiger partial charge on any atom is -0.363 e. The molecule has 0 aromatic carbocycles. The number of ether oxygens (including phenoxy) is 1. The van der Waals surface area contributed by atoms with Gasteiger partial charge in [-0.25, -0.2) is 9.97 Å². The summed E-state index contributed by atoms with van der Waals surface area (Å²) in [5, 5.41) is 2.87. The van der Waals surface area contributed by atoms with E-state index in [0.717, 1.165) is 17.9 Å². The molecule has 0 radical (unpaired) electrons. The Kier molecular flexibility index (Phi) is 4.35. The summed E-state index contributed by atoms with van der Waals surface area (Å²) in [6, 6.07) is 1.91. The quantitative estimate of drug-likeness (QED) is 0.868. The summed E-state index contributed by atoms with van der Waals surface area (Å²) in [5.41, 5.74) is 1.01. The molecule has 0 saturated carbocycles. The molecule has 1 aromatic rings. The van der Waals surface area contributed by atoms with Crippen molar-refractivity contribution in [1.82, 2.24) is 20.2 Å². The van der Waals surface area contributed by atoms with E-state index >= 15 is 0 Å². The van der Waals surface area contributed by atoms with Crippen molar-refractivity contribution in [2.75, 3.05) is 26.7 Å². The molecule has 1 fully saturated rings. The Morgan fingerprint density at radius 1 is 1.45 bits per heavy atom. The maximum atomic E-state index is 12.3. The lowest BCUT2D eigenvalue weighted by atomic mass is 10.0. The first-order valence-electron chi connectivity index (χ1n) is 6.81. The molecule has 6 heteroatoms. The molecule has 1 aliphatic heterocycles. The van der Waals surface area contributed by atoms with Gasteiger partial charge in [-0.3, -0.25) is 4.79 Å². The highest BCUT2D eigenvalue weighted by Gasteiger charge is 2.38. The molecule has 20 heavy (non-hydrogen) atoms. The highest BCUT2D eigenvalue weighted by molar-refractivity contribution is 5.85. The summed E-state index contributed by atoms with van der Waals surface area (Å²) >= 11 is 0. The van der Waals surface area contributed by atoms with Crippen molar-refractivity contribution >= 4 is 5.91 Å². The molecule has 1 saturated heterocycles. The first-order chi connectivity index (χ1) is 9.39. The SMILES string of the molecule is Cc1cc(C)nc(CNC(=O)C2(C)CN(C)CCO2)n1. The van der Waals surface area contributed by atoms with Crippen LogP contribution in [-0.4, -0.2) is 53.1 Å². The van der Waals surface area contributed by atoms with E-state index in [0.29, 0.717) is 25.5 Å². The Bertz CT molecular complexity index is 486. The van der Waals surface area contributed by atoms with E-state index in [1.807, 2.05) is 33.9 Å². The van der Waals surface area contributed by atoms with Gasteiger partial charge in [-0.2, -0.15) is 0 Å². The lowest BCUT2D eigenvalue weighted by Gasteiger charge is -2.37. The van der Waals surface area contributed by atoms with Crippen LogP contribution in [0, 0.1) is 13.8 Å². The van der Waals surface area contributed by atoms with Gasteiger partial charge in [0.2, 0.25) is 0 Å². The number of carbonyl (C=O) groups is 1. The summed E-state index contributed by atoms with van der Waals surface area (Å²) in [5.74, 6) is 0.510. The van der Waals surface area contributed by atoms with Gasteiger partial charge in [-0.1, -0.05) is 0 Å². The van der Waals surface area contributed by atoms with Gasteiger partial charge in [0.25, 0.3) is 5.91 Å². The van der Waals surface area contributed by atoms with Crippen molar-refractivity contribution in [1.29, 1.82) is 0 Å². The molecular weight excluding hydrogens is 256 g/mol. The average molecular weight is 278 g/mol. The zero-order chi connectivity index (χ0) is 14.8. The van der Waals surface area contributed by atoms with E-state index in [2.05, 4.69) is 20.2 Å². The smallest absolute Gasteiger partial charge is 0.253 e. The highest BCUT2D eigenvalue weighted by atomic mass is 16.5. The van der Waals surface area contributed by atoms with Crippen LogP contribution in [-0.2, 0) is 16.1 Å². The molecule has 2 rings (SSSR count). The van der Waals surface area contributed by atoms with E-state index in [1.54, 1.807) is 0 Å². The van der Waals surface area contributed by atoms with Gasteiger partial charge in [-0.05, 0) is 33.9 Å². The first kappa shape index (κ1) is 14.9. The van der Waals surface area contributed by atoms with Crippen molar-refractivity contribution in [3.05, 3.63) is 23.3 Å². The lowest BCUT2D eigenvalue weighted by molar-refractivity contribution is -0.155. The van der Waals surface area contributed by atoms with Crippen LogP contribution in [0.25, 0.3) is 0 Å². The van der Waals surface area contributed by atoms with Crippen LogP contribution in [0.1, 0.15) is 24.1 Å². The fourth-order valence-electron chi connectivity index (χ4n) is 2.43. The van der Waals surface area contributed by atoms with Crippen LogP contribution in [0.3, 0.4) is 0 Å². The summed E-state index contributed by atoms with van der Waals surface area (Å²) in [7, 11) is 1.99. The number of likely N-dealkylation sites (N-methyl/N-ethyl adjacent to an activating group) is 1. The molecule has 0 bridgehead atoms. The summed E-state index contributed by atoms with van der Waals surface area (Å²) in [6.45, 7) is 7.99. The van der Waals surface area contributed by atoms with Crippen LogP contribution in [0.15, 0.2) is 6.07 Å². The van der Waals surface area contributed by atoms with Crippen LogP contribution in [0.5, 0.6) is 0 Å². The van der Waals surface area contributed by atoms with Crippen molar-refractivity contribution in [2.24, 2.45) is 0 Å². The predicted octanol–water partition coefficient (Wildman–Crippen LogP) is 0.430. The molecule has 1 N–H and O–H groups in total. The van der Waals surface area contributed by atoms with Gasteiger partial charge in [0, 0.05) is 24.5 Å². The number of morpholine rings is 1. The number of aryl methyl sites for hydroxylation is 2. The molecule has 2 heterocycles. The average Bonchev–Trinajstić information content (AvgIpc) is 2.34. The van der Waals surface area contributed by atoms with Gasteiger partial charge < -0.3 is 15.0 Å². The van der Waals surface area contributed by atoms with Gasteiger partial charge >= 0.3 is 0 Å². The standard InChI is InChI=1S/C14H22N4O2/c1-10-7-11(2)17-12(16-10)8-15-13(19)14(3)9-18(4)5-6-20-14/h7H,5-6,8-9H2,1-4H3,(H,15,19). The fourth-order valence-corrected chi connectivity index (χ4v) is 2.43. The normalized spacial score (nSPS) is 23.6. The Balaban J connectivity index is 1.97. The molecule has 1 aromatic heterocycles. The Morgan fingerprint density at radius 3 is 2.70 bits per heavy atom. The largest absolute Gasteiger partial charge is 0.363 e. The Labute approximate surface area is 119 Å². The minimum atomic E-state index is -0.800. The van der Waals surface area contributed by atoms with Crippen LogP contribution < -0.4 is 5.32 Å². The molecule has 1 amide bonds. The van der Waals surface area contributed by atoms with Gasteiger partial charge in [0.05, 0.1) is 13.2 Å². The number of carbonyl (C=O) groups excluding carboxylic acids is 1. The zero-order valence-corrected chi connectivity index (χ0v) is 12.6. The van der Waals surface area contributed by atoms with Gasteiger partial charge in [0.15, 0.2) is 5.60 Å². The number of rotatable bonds is 3. The number of hydrogen-bond acceptors (Lipinski definition) is 5. The van der Waals surface area contributed by atoms with Crippen molar-refractivity contribution < 1.29 is 9.53 Å². The number of aromatic nitrogens is 2. The first-order valence-corrected chi connectivity index (χ1v) is 6.81. The Morgan fingerprint density at radius 2 is 2.10 bits per heavy atom. The van der Waals surface area contributed by atoms with Crippen LogP contribution in [0.4, 0.5) is 0 Å². The van der Waals surface area contributed by atoms with E-state index < -0.39 is 5.60 Å². The second-order valence-corrected chi connectivity index (χ2v) is 5.57. The lowest BCUT2D eigenvalue weighted by Crippen LogP contribution is -2.57. The second kappa shape index (κ2) is 5.85. The fraction of sp³-hybridized carbons (Fsp3) is 0.643. The van der Waals surface area contributed by atoms with E-state index in [1.165, 1.54) is 0 Å². The van der Waals surface area contributed by atoms with Crippen LogP contribution >= 0.6 is 0 Å². The van der Waals surface area contributed by atoms with Gasteiger partial charge in [0.1, 0.15) is 5.82 Å². The third-order valence-electron chi connectivity index (χ3n) is 3.38. The molecule has 110 valence electrons.